The van der Waals surface area contributed by atoms with Crippen molar-refractivity contribution in [2.24, 2.45) is 5.92 Å². The summed E-state index contributed by atoms with van der Waals surface area (Å²) in [6.07, 6.45) is 1.49. The van der Waals surface area contributed by atoms with Crippen LogP contribution in [0.1, 0.15) is 36.6 Å². The molecule has 1 aromatic heterocycles. The van der Waals surface area contributed by atoms with Crippen molar-refractivity contribution in [1.82, 2.24) is 20.2 Å². The quantitative estimate of drug-likeness (QED) is 0.735. The van der Waals surface area contributed by atoms with E-state index in [-0.39, 0.29) is 6.04 Å². The summed E-state index contributed by atoms with van der Waals surface area (Å²) in [6.45, 7) is 8.66. The lowest BCUT2D eigenvalue weighted by Gasteiger charge is -2.20. The third-order valence-electron chi connectivity index (χ3n) is 4.06. The second-order valence-electron chi connectivity index (χ2n) is 5.99. The number of hydrogen-bond acceptors (Lipinski definition) is 3. The first-order valence-corrected chi connectivity index (χ1v) is 7.29. The van der Waals surface area contributed by atoms with Crippen LogP contribution in [0, 0.1) is 19.8 Å². The Morgan fingerprint density at radius 3 is 2.29 bits per heavy atom. The summed E-state index contributed by atoms with van der Waals surface area (Å²) in [5.74, 6) is 0.392. The largest absolute Gasteiger partial charge is 0.162 e. The van der Waals surface area contributed by atoms with Crippen LogP contribution in [0.5, 0.6) is 0 Å². The molecule has 0 bridgehead atoms. The van der Waals surface area contributed by atoms with Gasteiger partial charge in [0.05, 0.1) is 0 Å². The van der Waals surface area contributed by atoms with Crippen molar-refractivity contribution < 1.29 is 0 Å². The molecule has 0 radical (unpaired) electrons. The van der Waals surface area contributed by atoms with Gasteiger partial charge in [-0.05, 0) is 58.5 Å². The van der Waals surface area contributed by atoms with E-state index in [0.29, 0.717) is 5.92 Å². The number of aromatic nitrogens is 4. The molecule has 0 aliphatic rings. The van der Waals surface area contributed by atoms with Crippen LogP contribution in [-0.4, -0.2) is 20.2 Å². The smallest absolute Gasteiger partial charge is 0.157 e. The summed E-state index contributed by atoms with van der Waals surface area (Å²) >= 11 is 0. The molecule has 4 heteroatoms. The average molecular weight is 280 g/mol. The Hall–Kier alpha value is -2.23. The van der Waals surface area contributed by atoms with Gasteiger partial charge in [0.1, 0.15) is 6.04 Å². The van der Waals surface area contributed by atoms with Gasteiger partial charge in [0.15, 0.2) is 6.33 Å². The Kier molecular flexibility index (Phi) is 3.45. The van der Waals surface area contributed by atoms with Gasteiger partial charge in [-0.3, -0.25) is 0 Å². The molecule has 1 heterocycles. The van der Waals surface area contributed by atoms with Crippen LogP contribution in [0.15, 0.2) is 36.7 Å². The van der Waals surface area contributed by atoms with E-state index in [0.717, 1.165) is 0 Å². The zero-order valence-corrected chi connectivity index (χ0v) is 12.9. The van der Waals surface area contributed by atoms with Crippen molar-refractivity contribution in [3.8, 4) is 0 Å². The molecule has 21 heavy (non-hydrogen) atoms. The summed E-state index contributed by atoms with van der Waals surface area (Å²) in [5, 5.41) is 14.7. The first-order valence-electron chi connectivity index (χ1n) is 7.29. The maximum absolute atomic E-state index is 4.22. The average Bonchev–Trinajstić information content (AvgIpc) is 2.94. The van der Waals surface area contributed by atoms with E-state index in [2.05, 4.69) is 73.4 Å². The van der Waals surface area contributed by atoms with E-state index >= 15 is 0 Å². The molecule has 0 N–H and O–H groups in total. The molecule has 3 rings (SSSR count). The lowest BCUT2D eigenvalue weighted by Crippen LogP contribution is -2.19. The normalized spacial score (nSPS) is 13.0. The van der Waals surface area contributed by atoms with Gasteiger partial charge in [-0.15, -0.1) is 10.2 Å². The molecule has 0 aliphatic carbocycles. The SMILES string of the molecule is Cc1cc2ccc(C(C(C)C)n3ncnn3)cc2cc1C. The lowest BCUT2D eigenvalue weighted by atomic mass is 9.93. The molecule has 0 spiro atoms. The fourth-order valence-electron chi connectivity index (χ4n) is 2.82. The van der Waals surface area contributed by atoms with Crippen molar-refractivity contribution in [1.29, 1.82) is 0 Å². The first kappa shape index (κ1) is 13.7. The Morgan fingerprint density at radius 2 is 1.67 bits per heavy atom. The zero-order valence-electron chi connectivity index (χ0n) is 12.9. The van der Waals surface area contributed by atoms with E-state index in [1.807, 2.05) is 0 Å². The van der Waals surface area contributed by atoms with Crippen LogP contribution < -0.4 is 0 Å². The molecule has 108 valence electrons. The van der Waals surface area contributed by atoms with Crippen LogP contribution in [0.3, 0.4) is 0 Å². The van der Waals surface area contributed by atoms with Gasteiger partial charge in [-0.25, -0.2) is 0 Å². The maximum Gasteiger partial charge on any atom is 0.162 e. The molecule has 0 saturated carbocycles. The fourth-order valence-corrected chi connectivity index (χ4v) is 2.82. The minimum Gasteiger partial charge on any atom is -0.157 e. The Balaban J connectivity index is 2.13. The molecular formula is C17H20N4. The Morgan fingerprint density at radius 1 is 0.952 bits per heavy atom. The van der Waals surface area contributed by atoms with E-state index in [1.54, 1.807) is 4.80 Å². The lowest BCUT2D eigenvalue weighted by molar-refractivity contribution is 0.358. The van der Waals surface area contributed by atoms with Gasteiger partial charge in [-0.2, -0.15) is 4.80 Å². The predicted octanol–water partition coefficient (Wildman–Crippen LogP) is 3.69. The second-order valence-corrected chi connectivity index (χ2v) is 5.99. The predicted molar refractivity (Wildman–Crippen MR) is 84.2 cm³/mol. The highest BCUT2D eigenvalue weighted by Crippen LogP contribution is 2.28. The summed E-state index contributed by atoms with van der Waals surface area (Å²) in [6, 6.07) is 11.2. The standard InChI is InChI=1S/C17H20N4/c1-11(2)17(21-19-10-18-20-21)15-6-5-14-7-12(3)13(4)8-16(14)9-15/h5-11,17H,1-4H3. The topological polar surface area (TPSA) is 43.6 Å². The number of nitrogens with zero attached hydrogens (tertiary/aromatic N) is 4. The highest BCUT2D eigenvalue weighted by atomic mass is 15.6. The third-order valence-corrected chi connectivity index (χ3v) is 4.06. The van der Waals surface area contributed by atoms with Crippen molar-refractivity contribution in [2.75, 3.05) is 0 Å². The van der Waals surface area contributed by atoms with Gasteiger partial charge in [0, 0.05) is 0 Å². The van der Waals surface area contributed by atoms with Crippen LogP contribution in [-0.2, 0) is 0 Å². The van der Waals surface area contributed by atoms with Crippen LogP contribution >= 0.6 is 0 Å². The van der Waals surface area contributed by atoms with Crippen LogP contribution in [0.4, 0.5) is 0 Å². The molecule has 1 unspecified atom stereocenters. The minimum atomic E-state index is 0.110. The van der Waals surface area contributed by atoms with Gasteiger partial charge in [0.2, 0.25) is 0 Å². The minimum absolute atomic E-state index is 0.110. The second kappa shape index (κ2) is 5.28. The molecule has 0 aliphatic heterocycles. The highest BCUT2D eigenvalue weighted by molar-refractivity contribution is 5.84. The van der Waals surface area contributed by atoms with Crippen molar-refractivity contribution in [3.05, 3.63) is 53.3 Å². The van der Waals surface area contributed by atoms with Crippen molar-refractivity contribution in [2.45, 2.75) is 33.7 Å². The number of fused-ring (bicyclic) bond motifs is 1. The third kappa shape index (κ3) is 2.53. The zero-order chi connectivity index (χ0) is 15.0. The van der Waals surface area contributed by atoms with Gasteiger partial charge < -0.3 is 0 Å². The van der Waals surface area contributed by atoms with Crippen LogP contribution in [0.2, 0.25) is 0 Å². The molecule has 0 fully saturated rings. The summed E-state index contributed by atoms with van der Waals surface area (Å²) < 4.78 is 0. The van der Waals surface area contributed by atoms with E-state index < -0.39 is 0 Å². The maximum atomic E-state index is 4.22. The number of aryl methyl sites for hydroxylation is 2. The molecule has 2 aromatic carbocycles. The summed E-state index contributed by atoms with van der Waals surface area (Å²) in [4.78, 5) is 1.70. The molecule has 1 atom stereocenters. The van der Waals surface area contributed by atoms with Crippen molar-refractivity contribution in [3.63, 3.8) is 0 Å². The van der Waals surface area contributed by atoms with Crippen LogP contribution in [0.25, 0.3) is 10.8 Å². The summed E-state index contributed by atoms with van der Waals surface area (Å²) in [7, 11) is 0. The Labute approximate surface area is 124 Å². The van der Waals surface area contributed by atoms with Gasteiger partial charge in [-0.1, -0.05) is 38.1 Å². The first-order chi connectivity index (χ1) is 10.1. The van der Waals surface area contributed by atoms with E-state index in [9.17, 15) is 0 Å². The highest BCUT2D eigenvalue weighted by Gasteiger charge is 2.20. The molecular weight excluding hydrogens is 260 g/mol. The number of rotatable bonds is 3. The molecule has 0 saturated heterocycles. The van der Waals surface area contributed by atoms with E-state index in [1.165, 1.54) is 33.8 Å². The number of hydrogen-bond donors (Lipinski definition) is 0. The van der Waals surface area contributed by atoms with Gasteiger partial charge >= 0.3 is 0 Å². The summed E-state index contributed by atoms with van der Waals surface area (Å²) in [5.41, 5.74) is 3.87. The molecule has 3 aromatic rings. The number of benzene rings is 2. The molecule has 0 amide bonds. The fraction of sp³-hybridized carbons (Fsp3) is 0.353. The van der Waals surface area contributed by atoms with E-state index in [4.69, 9.17) is 0 Å². The monoisotopic (exact) mass is 280 g/mol. The van der Waals surface area contributed by atoms with Crippen molar-refractivity contribution >= 4 is 10.8 Å². The molecule has 4 nitrogen and oxygen atoms in total. The number of tetrazole rings is 1. The Bertz CT molecular complexity index is 760. The van der Waals surface area contributed by atoms with Gasteiger partial charge in [0.25, 0.3) is 0 Å².